The first-order valence-corrected chi connectivity index (χ1v) is 7.96. The monoisotopic (exact) mass is 278 g/mol. The number of anilines is 1. The summed E-state index contributed by atoms with van der Waals surface area (Å²) in [6, 6.07) is 0. The van der Waals surface area contributed by atoms with Gasteiger partial charge in [-0.3, -0.25) is 4.40 Å². The normalized spacial score (nSPS) is 24.3. The Balaban J connectivity index is 1.98. The molecule has 1 aliphatic rings. The molecule has 0 aromatic carbocycles. The van der Waals surface area contributed by atoms with E-state index in [0.717, 1.165) is 42.1 Å². The number of piperidine rings is 1. The van der Waals surface area contributed by atoms with Gasteiger partial charge in [-0.2, -0.15) is 0 Å². The van der Waals surface area contributed by atoms with E-state index in [9.17, 15) is 0 Å². The molecule has 5 heteroatoms. The Kier molecular flexibility index (Phi) is 3.50. The number of aromatic nitrogens is 2. The van der Waals surface area contributed by atoms with Gasteiger partial charge < -0.3 is 10.6 Å². The van der Waals surface area contributed by atoms with Crippen LogP contribution in [-0.2, 0) is 6.42 Å². The lowest BCUT2D eigenvalue weighted by Crippen LogP contribution is -2.39. The van der Waals surface area contributed by atoms with Gasteiger partial charge in [-0.1, -0.05) is 13.8 Å². The predicted molar refractivity (Wildman–Crippen MR) is 81.0 cm³/mol. The summed E-state index contributed by atoms with van der Waals surface area (Å²) < 4.78 is 2.21. The largest absolute Gasteiger partial charge is 0.355 e. The molecule has 0 radical (unpaired) electrons. The number of fused-ring (bicyclic) bond motifs is 1. The highest BCUT2D eigenvalue weighted by Crippen LogP contribution is 2.30. The molecule has 1 saturated heterocycles. The summed E-state index contributed by atoms with van der Waals surface area (Å²) in [7, 11) is 0. The molecule has 2 atom stereocenters. The highest BCUT2D eigenvalue weighted by Gasteiger charge is 2.26. The van der Waals surface area contributed by atoms with Crippen molar-refractivity contribution >= 4 is 22.1 Å². The number of imidazole rings is 1. The van der Waals surface area contributed by atoms with E-state index in [1.54, 1.807) is 11.3 Å². The molecule has 4 nitrogen and oxygen atoms in total. The van der Waals surface area contributed by atoms with Gasteiger partial charge in [0.05, 0.1) is 5.69 Å². The Morgan fingerprint density at radius 2 is 2.11 bits per heavy atom. The van der Waals surface area contributed by atoms with Crippen molar-refractivity contribution in [2.75, 3.05) is 24.5 Å². The van der Waals surface area contributed by atoms with Crippen LogP contribution in [0.3, 0.4) is 0 Å². The first-order valence-electron chi connectivity index (χ1n) is 7.08. The summed E-state index contributed by atoms with van der Waals surface area (Å²) in [5.41, 5.74) is 7.05. The van der Waals surface area contributed by atoms with Crippen molar-refractivity contribution in [3.05, 3.63) is 17.3 Å². The summed E-state index contributed by atoms with van der Waals surface area (Å²) in [5.74, 6) is 2.65. The highest BCUT2D eigenvalue weighted by molar-refractivity contribution is 7.15. The molecule has 0 saturated carbocycles. The number of hydrogen-bond donors (Lipinski definition) is 1. The maximum Gasteiger partial charge on any atom is 0.195 e. The van der Waals surface area contributed by atoms with Gasteiger partial charge in [-0.05, 0) is 24.8 Å². The van der Waals surface area contributed by atoms with Gasteiger partial charge >= 0.3 is 0 Å². The van der Waals surface area contributed by atoms with E-state index in [1.165, 1.54) is 12.1 Å². The molecular weight excluding hydrogens is 256 g/mol. The molecule has 3 rings (SSSR count). The number of nitrogens with two attached hydrogens (primary N) is 1. The number of rotatable bonds is 3. The summed E-state index contributed by atoms with van der Waals surface area (Å²) >= 11 is 1.70. The second-order valence-corrected chi connectivity index (χ2v) is 6.70. The molecule has 0 amide bonds. The standard InChI is InChI=1S/C14H22N4S/c1-10-7-11(2)9-17(8-10)13-12(3-4-15)18-5-6-19-14(18)16-13/h5-6,10-11H,3-4,7-9,15H2,1-2H3. The van der Waals surface area contributed by atoms with Gasteiger partial charge in [0.1, 0.15) is 0 Å². The van der Waals surface area contributed by atoms with Crippen molar-refractivity contribution in [1.29, 1.82) is 0 Å². The van der Waals surface area contributed by atoms with Gasteiger partial charge in [0.2, 0.25) is 0 Å². The lowest BCUT2D eigenvalue weighted by molar-refractivity contribution is 0.355. The molecule has 0 aliphatic carbocycles. The smallest absolute Gasteiger partial charge is 0.195 e. The minimum atomic E-state index is 0.676. The Labute approximate surface area is 118 Å². The Hall–Kier alpha value is -1.07. The third-order valence-corrected chi connectivity index (χ3v) is 4.65. The highest BCUT2D eigenvalue weighted by atomic mass is 32.1. The third kappa shape index (κ3) is 2.37. The van der Waals surface area contributed by atoms with E-state index in [2.05, 4.69) is 34.7 Å². The fraction of sp³-hybridized carbons (Fsp3) is 0.643. The summed E-state index contributed by atoms with van der Waals surface area (Å²) in [5, 5.41) is 2.09. The SMILES string of the molecule is CC1CC(C)CN(c2nc3sccn3c2CCN)C1. The second kappa shape index (κ2) is 5.13. The van der Waals surface area contributed by atoms with Crippen molar-refractivity contribution in [3.63, 3.8) is 0 Å². The minimum absolute atomic E-state index is 0.676. The molecule has 0 spiro atoms. The van der Waals surface area contributed by atoms with Crippen LogP contribution in [0, 0.1) is 11.8 Å². The quantitative estimate of drug-likeness (QED) is 0.937. The average molecular weight is 278 g/mol. The Morgan fingerprint density at radius 3 is 2.79 bits per heavy atom. The Bertz CT molecular complexity index is 549. The Morgan fingerprint density at radius 1 is 1.37 bits per heavy atom. The first-order chi connectivity index (χ1) is 9.19. The van der Waals surface area contributed by atoms with Crippen molar-refractivity contribution < 1.29 is 0 Å². The second-order valence-electron chi connectivity index (χ2n) is 5.83. The summed E-state index contributed by atoms with van der Waals surface area (Å²) in [6.45, 7) is 7.59. The van der Waals surface area contributed by atoms with Crippen LogP contribution in [0.1, 0.15) is 26.0 Å². The summed E-state index contributed by atoms with van der Waals surface area (Å²) in [4.78, 5) is 8.38. The number of nitrogens with zero attached hydrogens (tertiary/aromatic N) is 3. The van der Waals surface area contributed by atoms with Crippen molar-refractivity contribution in [3.8, 4) is 0 Å². The fourth-order valence-corrected chi connectivity index (χ4v) is 4.01. The molecule has 19 heavy (non-hydrogen) atoms. The first kappa shape index (κ1) is 12.9. The van der Waals surface area contributed by atoms with Gasteiger partial charge in [0, 0.05) is 31.1 Å². The molecule has 2 unspecified atom stereocenters. The van der Waals surface area contributed by atoms with Crippen LogP contribution in [0.25, 0.3) is 4.96 Å². The van der Waals surface area contributed by atoms with Crippen LogP contribution in [0.2, 0.25) is 0 Å². The molecule has 2 aromatic heterocycles. The van der Waals surface area contributed by atoms with E-state index >= 15 is 0 Å². The van der Waals surface area contributed by atoms with Crippen molar-refractivity contribution in [1.82, 2.24) is 9.38 Å². The zero-order valence-electron chi connectivity index (χ0n) is 11.7. The molecule has 1 aliphatic heterocycles. The van der Waals surface area contributed by atoms with E-state index < -0.39 is 0 Å². The van der Waals surface area contributed by atoms with Crippen molar-refractivity contribution in [2.24, 2.45) is 17.6 Å². The van der Waals surface area contributed by atoms with Crippen molar-refractivity contribution in [2.45, 2.75) is 26.7 Å². The van der Waals surface area contributed by atoms with E-state index in [-0.39, 0.29) is 0 Å². The zero-order chi connectivity index (χ0) is 13.4. The maximum atomic E-state index is 5.78. The lowest BCUT2D eigenvalue weighted by Gasteiger charge is -2.35. The molecule has 3 heterocycles. The molecular formula is C14H22N4S. The minimum Gasteiger partial charge on any atom is -0.355 e. The van der Waals surface area contributed by atoms with Crippen LogP contribution in [0.15, 0.2) is 11.6 Å². The summed E-state index contributed by atoms with van der Waals surface area (Å²) in [6.07, 6.45) is 4.33. The molecule has 2 aromatic rings. The van der Waals surface area contributed by atoms with Crippen LogP contribution in [-0.4, -0.2) is 29.0 Å². The molecule has 104 valence electrons. The van der Waals surface area contributed by atoms with Gasteiger partial charge in [0.15, 0.2) is 10.8 Å². The zero-order valence-corrected chi connectivity index (χ0v) is 12.5. The van der Waals surface area contributed by atoms with Gasteiger partial charge in [0.25, 0.3) is 0 Å². The van der Waals surface area contributed by atoms with Crippen LogP contribution >= 0.6 is 11.3 Å². The number of thiazole rings is 1. The topological polar surface area (TPSA) is 46.6 Å². The van der Waals surface area contributed by atoms with E-state index in [4.69, 9.17) is 10.7 Å². The predicted octanol–water partition coefficient (Wildman–Crippen LogP) is 2.38. The molecule has 0 bridgehead atoms. The van der Waals surface area contributed by atoms with Gasteiger partial charge in [-0.15, -0.1) is 11.3 Å². The fourth-order valence-electron chi connectivity index (χ4n) is 3.28. The maximum absolute atomic E-state index is 5.78. The number of hydrogen-bond acceptors (Lipinski definition) is 4. The van der Waals surface area contributed by atoms with Gasteiger partial charge in [-0.25, -0.2) is 4.98 Å². The van der Waals surface area contributed by atoms with E-state index in [1.807, 2.05) is 0 Å². The van der Waals surface area contributed by atoms with Crippen LogP contribution in [0.5, 0.6) is 0 Å². The van der Waals surface area contributed by atoms with E-state index in [0.29, 0.717) is 6.54 Å². The van der Waals surface area contributed by atoms with Crippen LogP contribution < -0.4 is 10.6 Å². The van der Waals surface area contributed by atoms with Crippen LogP contribution in [0.4, 0.5) is 5.82 Å². The third-order valence-electron chi connectivity index (χ3n) is 3.89. The molecule has 2 N–H and O–H groups in total. The average Bonchev–Trinajstić information content (AvgIpc) is 2.90. The molecule has 1 fully saturated rings. The lowest BCUT2D eigenvalue weighted by atomic mass is 9.92.